The number of fused-ring (bicyclic) bond motifs is 3. The Balaban J connectivity index is 1.46. The molecule has 2 N–H and O–H groups in total. The van der Waals surface area contributed by atoms with Crippen LogP contribution in [-0.4, -0.2) is 28.0 Å². The number of hydrogen-bond acceptors (Lipinski definition) is 6. The van der Waals surface area contributed by atoms with Gasteiger partial charge in [-0.25, -0.2) is 4.98 Å². The van der Waals surface area contributed by atoms with Crippen LogP contribution in [0.25, 0.3) is 10.2 Å². The zero-order valence-corrected chi connectivity index (χ0v) is 17.1. The topological polar surface area (TPSA) is 84.1 Å². The van der Waals surface area contributed by atoms with Crippen molar-refractivity contribution in [3.8, 4) is 5.75 Å². The second kappa shape index (κ2) is 8.31. The summed E-state index contributed by atoms with van der Waals surface area (Å²) >= 11 is 2.51. The quantitative estimate of drug-likeness (QED) is 0.437. The molecule has 0 atom stereocenters. The number of amides is 1. The van der Waals surface area contributed by atoms with Gasteiger partial charge in [-0.1, -0.05) is 23.9 Å². The van der Waals surface area contributed by atoms with E-state index in [1.165, 1.54) is 34.4 Å². The van der Waals surface area contributed by atoms with Gasteiger partial charge < -0.3 is 15.0 Å². The lowest BCUT2D eigenvalue weighted by Crippen LogP contribution is -2.20. The van der Waals surface area contributed by atoms with E-state index in [9.17, 15) is 22.8 Å². The highest BCUT2D eigenvalue weighted by molar-refractivity contribution is 7.99. The zero-order chi connectivity index (χ0) is 21.3. The maximum atomic E-state index is 12.5. The number of aromatic amines is 1. The van der Waals surface area contributed by atoms with Crippen molar-refractivity contribution < 1.29 is 22.7 Å². The Morgan fingerprint density at radius 2 is 2.03 bits per heavy atom. The standard InChI is InChI=1S/C19H16F3N3O3S2/c20-19(21,22)28-12-7-3-2-6-11(12)23-14(26)9-29-18-24-16(27)15-10-5-1-4-8-13(10)30-17(15)25-18/h2-3,6-7H,1,4-5,8-9H2,(H,23,26)(H,24,25,27). The third-order valence-corrected chi connectivity index (χ3v) is 6.59. The van der Waals surface area contributed by atoms with Crippen LogP contribution >= 0.6 is 23.1 Å². The van der Waals surface area contributed by atoms with Crippen LogP contribution in [0.1, 0.15) is 23.3 Å². The number of nitrogens with zero attached hydrogens (tertiary/aromatic N) is 1. The minimum atomic E-state index is -4.87. The Kier molecular flexibility index (Phi) is 5.74. The fourth-order valence-electron chi connectivity index (χ4n) is 3.32. The van der Waals surface area contributed by atoms with Gasteiger partial charge in [0.25, 0.3) is 5.56 Å². The molecule has 0 spiro atoms. The molecule has 2 aromatic heterocycles. The number of rotatable bonds is 5. The first-order chi connectivity index (χ1) is 14.3. The fourth-order valence-corrected chi connectivity index (χ4v) is 5.30. The predicted octanol–water partition coefficient (Wildman–Crippen LogP) is 4.49. The van der Waals surface area contributed by atoms with Gasteiger partial charge in [0.2, 0.25) is 5.91 Å². The first-order valence-electron chi connectivity index (χ1n) is 9.12. The molecule has 4 rings (SSSR count). The van der Waals surface area contributed by atoms with Crippen LogP contribution < -0.4 is 15.6 Å². The molecule has 0 aliphatic heterocycles. The summed E-state index contributed by atoms with van der Waals surface area (Å²) in [5.74, 6) is -1.19. The number of thioether (sulfide) groups is 1. The summed E-state index contributed by atoms with van der Waals surface area (Å²) in [7, 11) is 0. The van der Waals surface area contributed by atoms with Gasteiger partial charge in [-0.2, -0.15) is 0 Å². The highest BCUT2D eigenvalue weighted by Crippen LogP contribution is 2.34. The van der Waals surface area contributed by atoms with E-state index in [0.29, 0.717) is 15.4 Å². The summed E-state index contributed by atoms with van der Waals surface area (Å²) in [6.07, 6.45) is -0.906. The number of aryl methyl sites for hydroxylation is 2. The summed E-state index contributed by atoms with van der Waals surface area (Å²) < 4.78 is 41.4. The molecule has 0 fully saturated rings. The maximum absolute atomic E-state index is 12.5. The van der Waals surface area contributed by atoms with Gasteiger partial charge in [-0.05, 0) is 43.4 Å². The van der Waals surface area contributed by atoms with Crippen LogP contribution in [0.2, 0.25) is 0 Å². The van der Waals surface area contributed by atoms with Gasteiger partial charge >= 0.3 is 6.36 Å². The van der Waals surface area contributed by atoms with E-state index in [0.717, 1.165) is 49.1 Å². The molecular formula is C19H16F3N3O3S2. The van der Waals surface area contributed by atoms with Gasteiger partial charge in [-0.3, -0.25) is 9.59 Å². The molecule has 0 saturated carbocycles. The van der Waals surface area contributed by atoms with E-state index in [1.807, 2.05) is 0 Å². The molecule has 3 aromatic rings. The minimum Gasteiger partial charge on any atom is -0.404 e. The van der Waals surface area contributed by atoms with E-state index >= 15 is 0 Å². The van der Waals surface area contributed by atoms with E-state index < -0.39 is 18.0 Å². The first-order valence-corrected chi connectivity index (χ1v) is 10.9. The molecule has 11 heteroatoms. The van der Waals surface area contributed by atoms with Gasteiger partial charge in [0.05, 0.1) is 16.8 Å². The van der Waals surface area contributed by atoms with Crippen molar-refractivity contribution in [2.45, 2.75) is 37.2 Å². The Morgan fingerprint density at radius 3 is 2.83 bits per heavy atom. The van der Waals surface area contributed by atoms with Gasteiger partial charge in [0.15, 0.2) is 10.9 Å². The molecule has 6 nitrogen and oxygen atoms in total. The van der Waals surface area contributed by atoms with Crippen LogP contribution in [0.4, 0.5) is 18.9 Å². The smallest absolute Gasteiger partial charge is 0.404 e. The van der Waals surface area contributed by atoms with Crippen LogP contribution in [0.15, 0.2) is 34.2 Å². The fraction of sp³-hybridized carbons (Fsp3) is 0.316. The van der Waals surface area contributed by atoms with Crippen molar-refractivity contribution in [2.24, 2.45) is 0 Å². The number of aromatic nitrogens is 2. The van der Waals surface area contributed by atoms with E-state index in [4.69, 9.17) is 0 Å². The summed E-state index contributed by atoms with van der Waals surface area (Å²) in [5.41, 5.74) is 0.750. The molecule has 0 saturated heterocycles. The molecule has 1 aliphatic carbocycles. The highest BCUT2D eigenvalue weighted by atomic mass is 32.2. The predicted molar refractivity (Wildman–Crippen MR) is 109 cm³/mol. The molecule has 30 heavy (non-hydrogen) atoms. The van der Waals surface area contributed by atoms with Crippen LogP contribution in [0, 0.1) is 0 Å². The Bertz CT molecular complexity index is 1160. The second-order valence-corrected chi connectivity index (χ2v) is 8.69. The second-order valence-electron chi connectivity index (χ2n) is 6.64. The third-order valence-electron chi connectivity index (χ3n) is 4.53. The van der Waals surface area contributed by atoms with E-state index in [2.05, 4.69) is 20.0 Å². The molecular weight excluding hydrogens is 439 g/mol. The molecule has 0 bridgehead atoms. The van der Waals surface area contributed by atoms with Crippen molar-refractivity contribution >= 4 is 44.9 Å². The third kappa shape index (κ3) is 4.62. The van der Waals surface area contributed by atoms with Crippen molar-refractivity contribution in [3.05, 3.63) is 45.1 Å². The summed E-state index contributed by atoms with van der Waals surface area (Å²) in [6.45, 7) is 0. The lowest BCUT2D eigenvalue weighted by Gasteiger charge is -2.13. The minimum absolute atomic E-state index is 0.0942. The molecule has 0 unspecified atom stereocenters. The molecule has 0 radical (unpaired) electrons. The Hall–Kier alpha value is -2.53. The number of ether oxygens (including phenoxy) is 1. The van der Waals surface area contributed by atoms with Gasteiger partial charge in [-0.15, -0.1) is 24.5 Å². The lowest BCUT2D eigenvalue weighted by atomic mass is 9.97. The molecule has 1 aliphatic rings. The number of halogens is 3. The van der Waals surface area contributed by atoms with Gasteiger partial charge in [0, 0.05) is 4.88 Å². The SMILES string of the molecule is O=C(CSc1nc2sc3c(c2c(=O)[nH]1)CCCC3)Nc1ccccc1OC(F)(F)F. The van der Waals surface area contributed by atoms with Crippen molar-refractivity contribution in [1.82, 2.24) is 9.97 Å². The van der Waals surface area contributed by atoms with E-state index in [-0.39, 0.29) is 17.0 Å². The van der Waals surface area contributed by atoms with Crippen LogP contribution in [0.5, 0.6) is 5.75 Å². The lowest BCUT2D eigenvalue weighted by molar-refractivity contribution is -0.274. The largest absolute Gasteiger partial charge is 0.573 e. The van der Waals surface area contributed by atoms with Crippen LogP contribution in [0.3, 0.4) is 0 Å². The highest BCUT2D eigenvalue weighted by Gasteiger charge is 2.32. The molecule has 2 heterocycles. The Morgan fingerprint density at radius 1 is 1.27 bits per heavy atom. The maximum Gasteiger partial charge on any atom is 0.573 e. The van der Waals surface area contributed by atoms with Gasteiger partial charge in [0.1, 0.15) is 4.83 Å². The number of carbonyl (C=O) groups excluding carboxylic acids is 1. The number of benzene rings is 1. The average molecular weight is 455 g/mol. The number of hydrogen-bond donors (Lipinski definition) is 2. The number of alkyl halides is 3. The first kappa shape index (κ1) is 20.7. The summed E-state index contributed by atoms with van der Waals surface area (Å²) in [6, 6.07) is 5.28. The number of carbonyl (C=O) groups is 1. The zero-order valence-electron chi connectivity index (χ0n) is 15.5. The average Bonchev–Trinajstić information content (AvgIpc) is 3.06. The van der Waals surface area contributed by atoms with Crippen molar-refractivity contribution in [1.29, 1.82) is 0 Å². The summed E-state index contributed by atoms with van der Waals surface area (Å²) in [4.78, 5) is 33.7. The normalized spacial score (nSPS) is 13.8. The summed E-state index contributed by atoms with van der Waals surface area (Å²) in [5, 5.41) is 3.31. The van der Waals surface area contributed by atoms with Crippen molar-refractivity contribution in [3.63, 3.8) is 0 Å². The molecule has 158 valence electrons. The number of para-hydroxylation sites is 2. The number of thiophene rings is 1. The molecule has 1 aromatic carbocycles. The van der Waals surface area contributed by atoms with E-state index in [1.54, 1.807) is 0 Å². The number of anilines is 1. The monoisotopic (exact) mass is 455 g/mol. The van der Waals surface area contributed by atoms with Crippen LogP contribution in [-0.2, 0) is 17.6 Å². The Labute approximate surface area is 176 Å². The number of H-pyrrole nitrogens is 1. The van der Waals surface area contributed by atoms with Crippen molar-refractivity contribution in [2.75, 3.05) is 11.1 Å². The molecule has 1 amide bonds. The number of nitrogens with one attached hydrogen (secondary N) is 2.